The van der Waals surface area contributed by atoms with Crippen LogP contribution < -0.4 is 26.6 Å². The van der Waals surface area contributed by atoms with Gasteiger partial charge in [-0.05, 0) is 44.4 Å². The monoisotopic (exact) mass is 567 g/mol. The second-order valence-corrected chi connectivity index (χ2v) is 13.2. The maximum atomic E-state index is 13.2. The van der Waals surface area contributed by atoms with Gasteiger partial charge in [0.15, 0.2) is 5.78 Å². The normalized spacial score (nSPS) is 26.8. The third-order valence-electron chi connectivity index (χ3n) is 7.37. The number of urea groups is 1. The van der Waals surface area contributed by atoms with Gasteiger partial charge in [-0.15, -0.1) is 0 Å². The van der Waals surface area contributed by atoms with Crippen molar-refractivity contribution in [1.82, 2.24) is 26.6 Å². The molecule has 3 heterocycles. The van der Waals surface area contributed by atoms with Gasteiger partial charge in [-0.25, -0.2) is 4.79 Å². The number of nitrogens with one attached hydrogen (secondary N) is 5. The Balaban J connectivity index is 1.46. The first-order valence-corrected chi connectivity index (χ1v) is 15.2. The van der Waals surface area contributed by atoms with Crippen LogP contribution in [0, 0.1) is 11.8 Å². The summed E-state index contributed by atoms with van der Waals surface area (Å²) < 4.78 is 5.14. The Morgan fingerprint density at radius 1 is 1.00 bits per heavy atom. The number of epoxide rings is 1. The quantitative estimate of drug-likeness (QED) is 0.107. The van der Waals surface area contributed by atoms with E-state index in [1.54, 1.807) is 6.92 Å². The fraction of sp³-hybridized carbons (Fsp3) is 0.815. The van der Waals surface area contributed by atoms with Crippen LogP contribution in [0.15, 0.2) is 0 Å². The minimum Gasteiger partial charge on any atom is -0.362 e. The largest absolute Gasteiger partial charge is 0.362 e. The number of hydrogen-bond donors (Lipinski definition) is 5. The maximum absolute atomic E-state index is 13.2. The molecular formula is C27H45N5O6S. The minimum absolute atomic E-state index is 0.104. The predicted octanol–water partition coefficient (Wildman–Crippen LogP) is 1.25. The van der Waals surface area contributed by atoms with Crippen LogP contribution in [0.3, 0.4) is 0 Å². The highest BCUT2D eigenvalue weighted by atomic mass is 32.2. The van der Waals surface area contributed by atoms with Gasteiger partial charge in [-0.2, -0.15) is 11.8 Å². The van der Waals surface area contributed by atoms with Crippen LogP contribution in [0.25, 0.3) is 0 Å². The molecule has 0 radical (unpaired) electrons. The molecule has 0 bridgehead atoms. The van der Waals surface area contributed by atoms with Crippen molar-refractivity contribution in [3.63, 3.8) is 0 Å². The van der Waals surface area contributed by atoms with Gasteiger partial charge in [-0.3, -0.25) is 19.2 Å². The highest BCUT2D eigenvalue weighted by Gasteiger charge is 2.46. The van der Waals surface area contributed by atoms with Crippen LogP contribution in [0.1, 0.15) is 73.1 Å². The summed E-state index contributed by atoms with van der Waals surface area (Å²) in [5, 5.41) is 14.6. The number of fused-ring (bicyclic) bond motifs is 1. The van der Waals surface area contributed by atoms with Gasteiger partial charge in [0.2, 0.25) is 17.7 Å². The lowest BCUT2D eigenvalue weighted by molar-refractivity contribution is -0.133. The summed E-state index contributed by atoms with van der Waals surface area (Å²) in [5.41, 5.74) is -0.821. The number of carbonyl (C=O) groups excluding carboxylic acids is 5. The summed E-state index contributed by atoms with van der Waals surface area (Å²) in [6, 6.07) is -1.35. The van der Waals surface area contributed by atoms with E-state index < -0.39 is 29.5 Å². The zero-order valence-corrected chi connectivity index (χ0v) is 24.6. The number of hydrogen-bond acceptors (Lipinski definition) is 7. The van der Waals surface area contributed by atoms with Crippen molar-refractivity contribution in [3.8, 4) is 0 Å². The molecule has 0 aromatic carbocycles. The SMILES string of the molecule is CC(C)C[C@H](NC(=O)CCCC[C@@H]1SCC2NC(=O)NC21)C(=O)N[C@@H](CC(C)C)C(=O)NCC(=O)[C@@]1(C)CO1. The number of carbonyl (C=O) groups is 5. The molecule has 2 unspecified atom stereocenters. The van der Waals surface area contributed by atoms with E-state index in [0.29, 0.717) is 37.5 Å². The Hall–Kier alpha value is -2.34. The molecule has 5 amide bonds. The van der Waals surface area contributed by atoms with Crippen molar-refractivity contribution in [2.24, 2.45) is 11.8 Å². The van der Waals surface area contributed by atoms with Crippen LogP contribution in [0.4, 0.5) is 4.79 Å². The first-order valence-electron chi connectivity index (χ1n) is 14.1. The Morgan fingerprint density at radius 2 is 1.64 bits per heavy atom. The van der Waals surface area contributed by atoms with Gasteiger partial charge >= 0.3 is 6.03 Å². The molecule has 0 saturated carbocycles. The average Bonchev–Trinajstić information content (AvgIpc) is 3.34. The summed E-state index contributed by atoms with van der Waals surface area (Å²) in [6.45, 7) is 9.72. The number of rotatable bonds is 16. The number of Topliss-reactive ketones (excluding diaryl/α,β-unsaturated/α-hetero) is 1. The maximum Gasteiger partial charge on any atom is 0.315 e. The van der Waals surface area contributed by atoms with Gasteiger partial charge in [-0.1, -0.05) is 34.1 Å². The van der Waals surface area contributed by atoms with E-state index in [9.17, 15) is 24.0 Å². The molecule has 3 aliphatic heterocycles. The number of ether oxygens (including phenoxy) is 1. The third-order valence-corrected chi connectivity index (χ3v) is 8.88. The lowest BCUT2D eigenvalue weighted by Crippen LogP contribution is -2.55. The smallest absolute Gasteiger partial charge is 0.315 e. The summed E-state index contributed by atoms with van der Waals surface area (Å²) in [5.74, 6) is -0.0492. The lowest BCUT2D eigenvalue weighted by Gasteiger charge is -2.25. The van der Waals surface area contributed by atoms with Crippen molar-refractivity contribution in [3.05, 3.63) is 0 Å². The molecule has 6 atom stereocenters. The van der Waals surface area contributed by atoms with Crippen molar-refractivity contribution in [2.75, 3.05) is 18.9 Å². The Bertz CT molecular complexity index is 924. The van der Waals surface area contributed by atoms with Crippen LogP contribution in [-0.4, -0.2) is 83.5 Å². The average molecular weight is 568 g/mol. The first-order chi connectivity index (χ1) is 18.4. The summed E-state index contributed by atoms with van der Waals surface area (Å²) in [6.07, 6.45) is 3.60. The van der Waals surface area contributed by atoms with Gasteiger partial charge in [0.25, 0.3) is 0 Å². The second-order valence-electron chi connectivity index (χ2n) is 12.0. The molecule has 39 heavy (non-hydrogen) atoms. The standard InChI is InChI=1S/C27H45N5O6S/c1-15(2)10-17(24(35)28-12-21(33)27(5)14-38-27)30-25(36)18(11-16(3)4)29-22(34)9-7-6-8-20-23-19(13-39-20)31-26(37)32-23/h15-20,23H,6-14H2,1-5H3,(H,28,35)(H,29,34)(H,30,36)(H2,31,32,37)/t17-,18-,19?,20-,23?,27+/m0/s1. The molecule has 11 nitrogen and oxygen atoms in total. The molecule has 0 aromatic heterocycles. The Morgan fingerprint density at radius 3 is 2.26 bits per heavy atom. The van der Waals surface area contributed by atoms with Gasteiger partial charge < -0.3 is 31.3 Å². The van der Waals surface area contributed by atoms with Crippen molar-refractivity contribution in [1.29, 1.82) is 0 Å². The summed E-state index contributed by atoms with van der Waals surface area (Å²) >= 11 is 1.85. The first kappa shape index (κ1) is 31.2. The molecule has 0 spiro atoms. The van der Waals surface area contributed by atoms with E-state index in [4.69, 9.17) is 4.74 Å². The van der Waals surface area contributed by atoms with Crippen LogP contribution in [-0.2, 0) is 23.9 Å². The molecule has 3 aliphatic rings. The number of unbranched alkanes of at least 4 members (excludes halogenated alkanes) is 1. The van der Waals surface area contributed by atoms with E-state index in [2.05, 4.69) is 26.6 Å². The summed E-state index contributed by atoms with van der Waals surface area (Å²) in [4.78, 5) is 62.6. The predicted molar refractivity (Wildman–Crippen MR) is 149 cm³/mol. The highest BCUT2D eigenvalue weighted by Crippen LogP contribution is 2.33. The van der Waals surface area contributed by atoms with Crippen molar-refractivity contribution >= 4 is 41.3 Å². The molecule has 0 aromatic rings. The molecule has 3 saturated heterocycles. The topological polar surface area (TPSA) is 158 Å². The molecule has 3 rings (SSSR count). The van der Waals surface area contributed by atoms with Gasteiger partial charge in [0.05, 0.1) is 25.2 Å². The Kier molecular flexibility index (Phi) is 11.1. The fourth-order valence-electron chi connectivity index (χ4n) is 4.97. The lowest BCUT2D eigenvalue weighted by atomic mass is 9.99. The van der Waals surface area contributed by atoms with Gasteiger partial charge in [0, 0.05) is 17.4 Å². The second kappa shape index (κ2) is 13.8. The van der Waals surface area contributed by atoms with E-state index in [1.807, 2.05) is 39.5 Å². The summed E-state index contributed by atoms with van der Waals surface area (Å²) in [7, 11) is 0. The number of amides is 5. The minimum atomic E-state index is -0.821. The molecule has 0 aliphatic carbocycles. The molecule has 220 valence electrons. The van der Waals surface area contributed by atoms with E-state index in [0.717, 1.165) is 18.6 Å². The number of ketones is 1. The van der Waals surface area contributed by atoms with E-state index >= 15 is 0 Å². The zero-order valence-electron chi connectivity index (χ0n) is 23.8. The molecule has 3 fully saturated rings. The van der Waals surface area contributed by atoms with Gasteiger partial charge in [0.1, 0.15) is 17.7 Å². The van der Waals surface area contributed by atoms with E-state index in [1.165, 1.54) is 0 Å². The molecular weight excluding hydrogens is 522 g/mol. The van der Waals surface area contributed by atoms with Crippen molar-refractivity contribution in [2.45, 2.75) is 108 Å². The van der Waals surface area contributed by atoms with Crippen LogP contribution in [0.5, 0.6) is 0 Å². The Labute approximate surface area is 235 Å². The van der Waals surface area contributed by atoms with Crippen LogP contribution in [0.2, 0.25) is 0 Å². The van der Waals surface area contributed by atoms with E-state index in [-0.39, 0.29) is 48.2 Å². The highest BCUT2D eigenvalue weighted by molar-refractivity contribution is 8.00. The van der Waals surface area contributed by atoms with Crippen LogP contribution >= 0.6 is 11.8 Å². The third kappa shape index (κ3) is 9.37. The number of thioether (sulfide) groups is 1. The molecule has 5 N–H and O–H groups in total. The fourth-order valence-corrected chi connectivity index (χ4v) is 6.51. The molecule has 12 heteroatoms. The van der Waals surface area contributed by atoms with Crippen molar-refractivity contribution < 1.29 is 28.7 Å². The zero-order chi connectivity index (χ0) is 28.7.